The highest BCUT2D eigenvalue weighted by Crippen LogP contribution is 2.29. The summed E-state index contributed by atoms with van der Waals surface area (Å²) in [5.74, 6) is 0.627. The smallest absolute Gasteiger partial charge is 0.241 e. The lowest BCUT2D eigenvalue weighted by molar-refractivity contribution is 0.0195. The first-order valence-corrected chi connectivity index (χ1v) is 9.35. The zero-order valence-corrected chi connectivity index (χ0v) is 15.2. The fraction of sp³-hybridized carbons (Fsp3) is 0.350. The number of fused-ring (bicyclic) bond motifs is 2. The molecule has 0 unspecified atom stereocenters. The second kappa shape index (κ2) is 6.06. The van der Waals surface area contributed by atoms with Gasteiger partial charge in [0.25, 0.3) is 0 Å². The van der Waals surface area contributed by atoms with Gasteiger partial charge in [-0.15, -0.1) is 5.10 Å². The summed E-state index contributed by atoms with van der Waals surface area (Å²) in [7, 11) is 0. The highest BCUT2D eigenvalue weighted by Gasteiger charge is 2.28. The minimum atomic E-state index is -0.533. The van der Waals surface area contributed by atoms with Crippen LogP contribution in [-0.4, -0.2) is 41.0 Å². The highest BCUT2D eigenvalue weighted by atomic mass is 16.3. The average molecular weight is 362 g/mol. The zero-order valence-electron chi connectivity index (χ0n) is 15.2. The van der Waals surface area contributed by atoms with Crippen LogP contribution in [0.3, 0.4) is 0 Å². The van der Waals surface area contributed by atoms with Gasteiger partial charge in [-0.1, -0.05) is 0 Å². The van der Waals surface area contributed by atoms with Gasteiger partial charge in [-0.25, -0.2) is 14.0 Å². The van der Waals surface area contributed by atoms with Gasteiger partial charge in [0, 0.05) is 30.2 Å². The lowest BCUT2D eigenvalue weighted by Gasteiger charge is -2.33. The minimum Gasteiger partial charge on any atom is -0.390 e. The maximum Gasteiger partial charge on any atom is 0.241 e. The third kappa shape index (κ3) is 3.04. The van der Waals surface area contributed by atoms with Crippen LogP contribution in [0.5, 0.6) is 0 Å². The summed E-state index contributed by atoms with van der Waals surface area (Å²) in [6, 6.07) is 8.52. The Hall–Kier alpha value is -2.93. The molecule has 0 radical (unpaired) electrons. The predicted molar refractivity (Wildman–Crippen MR) is 104 cm³/mol. The van der Waals surface area contributed by atoms with Crippen LogP contribution in [0, 0.1) is 0 Å². The van der Waals surface area contributed by atoms with Crippen LogP contribution in [0.15, 0.2) is 49.1 Å². The van der Waals surface area contributed by atoms with Gasteiger partial charge in [0.2, 0.25) is 5.95 Å². The van der Waals surface area contributed by atoms with E-state index in [1.807, 2.05) is 40.6 Å². The molecule has 5 rings (SSSR count). The normalized spacial score (nSPS) is 23.1. The van der Waals surface area contributed by atoms with Gasteiger partial charge in [0.1, 0.15) is 0 Å². The van der Waals surface area contributed by atoms with Crippen molar-refractivity contribution in [3.63, 3.8) is 0 Å². The Kier molecular flexibility index (Phi) is 3.65. The van der Waals surface area contributed by atoms with Gasteiger partial charge in [-0.2, -0.15) is 5.10 Å². The SMILES string of the molecule is CC1(O)CCC(Nc2ncc3c(-c4ccn5nccc5c4)ccn3n2)CC1. The van der Waals surface area contributed by atoms with Gasteiger partial charge in [0.15, 0.2) is 0 Å². The summed E-state index contributed by atoms with van der Waals surface area (Å²) in [5, 5.41) is 22.4. The Morgan fingerprint density at radius 2 is 1.96 bits per heavy atom. The topological polar surface area (TPSA) is 79.8 Å². The Morgan fingerprint density at radius 1 is 1.15 bits per heavy atom. The van der Waals surface area contributed by atoms with Gasteiger partial charge < -0.3 is 10.4 Å². The molecule has 7 heteroatoms. The second-order valence-corrected chi connectivity index (χ2v) is 7.67. The van der Waals surface area contributed by atoms with Crippen molar-refractivity contribution in [3.8, 4) is 11.1 Å². The van der Waals surface area contributed by atoms with Gasteiger partial charge in [-0.3, -0.25) is 0 Å². The highest BCUT2D eigenvalue weighted by molar-refractivity contribution is 5.82. The molecule has 0 saturated heterocycles. The van der Waals surface area contributed by atoms with Crippen molar-refractivity contribution in [2.24, 2.45) is 0 Å². The molecule has 138 valence electrons. The van der Waals surface area contributed by atoms with E-state index in [0.717, 1.165) is 47.8 Å². The molecule has 1 fully saturated rings. The van der Waals surface area contributed by atoms with E-state index in [0.29, 0.717) is 12.0 Å². The number of hydrogen-bond acceptors (Lipinski definition) is 5. The van der Waals surface area contributed by atoms with E-state index in [9.17, 15) is 5.11 Å². The molecule has 4 heterocycles. The zero-order chi connectivity index (χ0) is 18.4. The largest absolute Gasteiger partial charge is 0.390 e. The van der Waals surface area contributed by atoms with Crippen LogP contribution >= 0.6 is 0 Å². The molecule has 2 N–H and O–H groups in total. The van der Waals surface area contributed by atoms with Crippen molar-refractivity contribution in [1.82, 2.24) is 24.2 Å². The molecule has 0 spiro atoms. The van der Waals surface area contributed by atoms with E-state index in [1.165, 1.54) is 0 Å². The molecule has 1 aliphatic rings. The Morgan fingerprint density at radius 3 is 2.81 bits per heavy atom. The second-order valence-electron chi connectivity index (χ2n) is 7.67. The van der Waals surface area contributed by atoms with E-state index in [2.05, 4.69) is 38.7 Å². The van der Waals surface area contributed by atoms with Crippen LogP contribution < -0.4 is 5.32 Å². The number of aliphatic hydroxyl groups is 1. The first-order chi connectivity index (χ1) is 13.1. The van der Waals surface area contributed by atoms with Crippen molar-refractivity contribution in [2.75, 3.05) is 5.32 Å². The first-order valence-electron chi connectivity index (χ1n) is 9.35. The van der Waals surface area contributed by atoms with Crippen LogP contribution in [0.1, 0.15) is 32.6 Å². The molecule has 1 saturated carbocycles. The quantitative estimate of drug-likeness (QED) is 0.585. The summed E-state index contributed by atoms with van der Waals surface area (Å²) < 4.78 is 3.71. The van der Waals surface area contributed by atoms with Crippen molar-refractivity contribution in [3.05, 3.63) is 49.1 Å². The first kappa shape index (κ1) is 16.3. The fourth-order valence-electron chi connectivity index (χ4n) is 3.87. The standard InChI is InChI=1S/C20H22N6O/c1-20(27)7-2-15(3-8-20)23-19-21-13-18-17(6-11-26(18)24-19)14-5-10-25-16(12-14)4-9-22-25/h4-6,9-13,15,27H,2-3,7-8H2,1H3,(H,23,24). The van der Waals surface area contributed by atoms with Gasteiger partial charge in [-0.05, 0) is 62.4 Å². The maximum absolute atomic E-state index is 10.1. The lowest BCUT2D eigenvalue weighted by atomic mass is 9.84. The summed E-state index contributed by atoms with van der Waals surface area (Å²) >= 11 is 0. The van der Waals surface area contributed by atoms with E-state index < -0.39 is 5.60 Å². The van der Waals surface area contributed by atoms with E-state index in [-0.39, 0.29) is 0 Å². The molecule has 0 aromatic carbocycles. The molecule has 4 aromatic rings. The Balaban J connectivity index is 1.41. The molecule has 0 bridgehead atoms. The van der Waals surface area contributed by atoms with E-state index in [4.69, 9.17) is 0 Å². The number of rotatable bonds is 3. The number of hydrogen-bond donors (Lipinski definition) is 2. The molecule has 1 aliphatic carbocycles. The third-order valence-corrected chi connectivity index (χ3v) is 5.52. The van der Waals surface area contributed by atoms with Crippen molar-refractivity contribution < 1.29 is 5.11 Å². The van der Waals surface area contributed by atoms with Crippen LogP contribution in [-0.2, 0) is 0 Å². The monoisotopic (exact) mass is 362 g/mol. The minimum absolute atomic E-state index is 0.307. The number of anilines is 1. The third-order valence-electron chi connectivity index (χ3n) is 5.52. The predicted octanol–water partition coefficient (Wildman–Crippen LogP) is 3.15. The Labute approximate surface area is 156 Å². The molecule has 0 aliphatic heterocycles. The molecule has 0 atom stereocenters. The van der Waals surface area contributed by atoms with Gasteiger partial charge in [0.05, 0.1) is 22.8 Å². The number of nitrogens with zero attached hydrogens (tertiary/aromatic N) is 5. The molecule has 4 aromatic heterocycles. The lowest BCUT2D eigenvalue weighted by Crippen LogP contribution is -2.36. The molecular weight excluding hydrogens is 340 g/mol. The van der Waals surface area contributed by atoms with Gasteiger partial charge >= 0.3 is 0 Å². The van der Waals surface area contributed by atoms with E-state index >= 15 is 0 Å². The summed E-state index contributed by atoms with van der Waals surface area (Å²) in [6.07, 6.45) is 11.0. The van der Waals surface area contributed by atoms with Crippen molar-refractivity contribution in [1.29, 1.82) is 0 Å². The number of pyridine rings is 1. The average Bonchev–Trinajstić information content (AvgIpc) is 3.29. The van der Waals surface area contributed by atoms with Crippen molar-refractivity contribution >= 4 is 17.0 Å². The number of aromatic nitrogens is 5. The van der Waals surface area contributed by atoms with Crippen LogP contribution in [0.25, 0.3) is 22.2 Å². The van der Waals surface area contributed by atoms with E-state index in [1.54, 1.807) is 6.20 Å². The summed E-state index contributed by atoms with van der Waals surface area (Å²) in [4.78, 5) is 4.52. The fourth-order valence-corrected chi connectivity index (χ4v) is 3.87. The molecule has 7 nitrogen and oxygen atoms in total. The number of nitrogens with one attached hydrogen (secondary N) is 1. The molecule has 27 heavy (non-hydrogen) atoms. The van der Waals surface area contributed by atoms with Crippen LogP contribution in [0.2, 0.25) is 0 Å². The molecule has 0 amide bonds. The summed E-state index contributed by atoms with van der Waals surface area (Å²) in [5.41, 5.74) is 3.70. The molecular formula is C20H22N6O. The Bertz CT molecular complexity index is 1100. The maximum atomic E-state index is 10.1. The van der Waals surface area contributed by atoms with Crippen LogP contribution in [0.4, 0.5) is 5.95 Å². The van der Waals surface area contributed by atoms with Crippen molar-refractivity contribution in [2.45, 2.75) is 44.2 Å². The summed E-state index contributed by atoms with van der Waals surface area (Å²) in [6.45, 7) is 1.91.